The fraction of sp³-hybridized carbons (Fsp3) is 0.773. The molecule has 6 nitrogen and oxygen atoms in total. The summed E-state index contributed by atoms with van der Waals surface area (Å²) in [5.74, 6) is 3.85. The van der Waals surface area contributed by atoms with Gasteiger partial charge < -0.3 is 15.1 Å². The largest absolute Gasteiger partial charge is 0.348 e. The first kappa shape index (κ1) is 18.3. The van der Waals surface area contributed by atoms with Gasteiger partial charge in [0, 0.05) is 18.4 Å². The van der Waals surface area contributed by atoms with E-state index in [0.717, 1.165) is 49.9 Å². The number of quaternary nitrogens is 1. The van der Waals surface area contributed by atoms with Crippen molar-refractivity contribution in [2.75, 3.05) is 37.6 Å². The second-order valence-electron chi connectivity index (χ2n) is 10.0. The Morgan fingerprint density at radius 2 is 1.71 bits per heavy atom. The number of carbonyl (C=O) groups is 1. The van der Waals surface area contributed by atoms with Crippen LogP contribution in [0.5, 0.6) is 0 Å². The third-order valence-electron chi connectivity index (χ3n) is 8.10. The summed E-state index contributed by atoms with van der Waals surface area (Å²) in [5, 5.41) is 3.43. The molecule has 4 bridgehead atoms. The Bertz CT molecular complexity index is 665. The van der Waals surface area contributed by atoms with Crippen molar-refractivity contribution in [3.05, 3.63) is 18.5 Å². The zero-order valence-corrected chi connectivity index (χ0v) is 17.1. The van der Waals surface area contributed by atoms with Crippen LogP contribution in [0.25, 0.3) is 0 Å². The molecular weight excluding hydrogens is 350 g/mol. The van der Waals surface area contributed by atoms with Crippen LogP contribution in [-0.4, -0.2) is 54.6 Å². The van der Waals surface area contributed by atoms with Gasteiger partial charge in [0.1, 0.15) is 0 Å². The lowest BCUT2D eigenvalue weighted by atomic mass is 9.48. The fourth-order valence-electron chi connectivity index (χ4n) is 7.03. The molecule has 2 N–H and O–H groups in total. The number of hydrogen-bond acceptors (Lipinski definition) is 4. The summed E-state index contributed by atoms with van der Waals surface area (Å²) in [5.41, 5.74) is 0.392. The molecule has 0 aromatic carbocycles. The van der Waals surface area contributed by atoms with Crippen molar-refractivity contribution >= 4 is 11.9 Å². The van der Waals surface area contributed by atoms with Gasteiger partial charge in [-0.1, -0.05) is 0 Å². The second kappa shape index (κ2) is 7.29. The standard InChI is InChI=1S/C22H33N5O/c1-16(22-12-17-9-18(13-22)11-19(10-17)14-22)25-20(28)15-26-5-7-27(8-6-26)21-23-3-2-4-24-21/h2-4,16-19H,5-15H2,1H3,(H,25,28)/p+1/t16-,17?,18?,19?,22?/m1/s1. The van der Waals surface area contributed by atoms with Crippen LogP contribution < -0.4 is 15.1 Å². The molecule has 152 valence electrons. The molecule has 1 aromatic rings. The van der Waals surface area contributed by atoms with Gasteiger partial charge in [-0.3, -0.25) is 4.79 Å². The van der Waals surface area contributed by atoms with Gasteiger partial charge in [-0.05, 0) is 74.7 Å². The predicted molar refractivity (Wildman–Crippen MR) is 108 cm³/mol. The first-order chi connectivity index (χ1) is 13.6. The first-order valence-corrected chi connectivity index (χ1v) is 11.2. The minimum absolute atomic E-state index is 0.239. The van der Waals surface area contributed by atoms with E-state index < -0.39 is 0 Å². The Labute approximate surface area is 168 Å². The molecule has 1 atom stereocenters. The molecule has 0 unspecified atom stereocenters. The molecule has 1 saturated heterocycles. The van der Waals surface area contributed by atoms with Crippen LogP contribution in [0.4, 0.5) is 5.95 Å². The lowest BCUT2D eigenvalue weighted by Crippen LogP contribution is -3.16. The van der Waals surface area contributed by atoms with Gasteiger partial charge in [0.2, 0.25) is 5.95 Å². The molecule has 6 heteroatoms. The Hall–Kier alpha value is -1.69. The van der Waals surface area contributed by atoms with Crippen molar-refractivity contribution in [1.82, 2.24) is 15.3 Å². The highest BCUT2D eigenvalue weighted by molar-refractivity contribution is 5.77. The van der Waals surface area contributed by atoms with Crippen LogP contribution in [0.1, 0.15) is 45.4 Å². The molecular formula is C22H34N5O+. The smallest absolute Gasteiger partial charge is 0.275 e. The highest BCUT2D eigenvalue weighted by atomic mass is 16.2. The van der Waals surface area contributed by atoms with Crippen molar-refractivity contribution in [1.29, 1.82) is 0 Å². The summed E-state index contributed by atoms with van der Waals surface area (Å²) < 4.78 is 0. The Morgan fingerprint density at radius 1 is 1.14 bits per heavy atom. The topological polar surface area (TPSA) is 62.6 Å². The minimum atomic E-state index is 0.239. The lowest BCUT2D eigenvalue weighted by Gasteiger charge is -2.59. The van der Waals surface area contributed by atoms with Gasteiger partial charge in [0.25, 0.3) is 5.91 Å². The summed E-state index contributed by atoms with van der Waals surface area (Å²) in [7, 11) is 0. The van der Waals surface area contributed by atoms with Crippen LogP contribution in [0, 0.1) is 23.2 Å². The van der Waals surface area contributed by atoms with Crippen molar-refractivity contribution in [3.63, 3.8) is 0 Å². The molecule has 6 rings (SSSR count). The van der Waals surface area contributed by atoms with Crippen LogP contribution >= 0.6 is 0 Å². The van der Waals surface area contributed by atoms with Crippen molar-refractivity contribution in [2.45, 2.75) is 51.5 Å². The summed E-state index contributed by atoms with van der Waals surface area (Å²) in [6.07, 6.45) is 12.0. The van der Waals surface area contributed by atoms with E-state index in [1.807, 2.05) is 6.07 Å². The van der Waals surface area contributed by atoms with E-state index in [2.05, 4.69) is 27.1 Å². The van der Waals surface area contributed by atoms with Crippen LogP contribution in [0.15, 0.2) is 18.5 Å². The molecule has 5 fully saturated rings. The van der Waals surface area contributed by atoms with E-state index in [1.165, 1.54) is 43.4 Å². The number of nitrogens with one attached hydrogen (secondary N) is 2. The van der Waals surface area contributed by atoms with E-state index in [-0.39, 0.29) is 5.91 Å². The summed E-state index contributed by atoms with van der Waals surface area (Å²) in [6.45, 7) is 6.65. The molecule has 5 aliphatic rings. The van der Waals surface area contributed by atoms with Gasteiger partial charge >= 0.3 is 0 Å². The van der Waals surface area contributed by atoms with E-state index in [1.54, 1.807) is 12.4 Å². The molecule has 1 aromatic heterocycles. The Kier molecular flexibility index (Phi) is 4.77. The maximum absolute atomic E-state index is 12.8. The zero-order chi connectivity index (χ0) is 19.1. The van der Waals surface area contributed by atoms with Crippen LogP contribution in [-0.2, 0) is 4.79 Å². The molecule has 1 aliphatic heterocycles. The predicted octanol–water partition coefficient (Wildman–Crippen LogP) is 0.903. The van der Waals surface area contributed by atoms with E-state index in [9.17, 15) is 4.79 Å². The minimum Gasteiger partial charge on any atom is -0.348 e. The monoisotopic (exact) mass is 384 g/mol. The summed E-state index contributed by atoms with van der Waals surface area (Å²) in [6, 6.07) is 2.17. The summed E-state index contributed by atoms with van der Waals surface area (Å²) in [4.78, 5) is 25.1. The van der Waals surface area contributed by atoms with E-state index in [4.69, 9.17) is 0 Å². The molecule has 2 heterocycles. The number of piperazine rings is 1. The number of carbonyl (C=O) groups excluding carboxylic acids is 1. The maximum atomic E-state index is 12.8. The molecule has 28 heavy (non-hydrogen) atoms. The van der Waals surface area contributed by atoms with Gasteiger partial charge in [-0.25, -0.2) is 9.97 Å². The number of nitrogens with zero attached hydrogens (tertiary/aromatic N) is 3. The molecule has 0 spiro atoms. The van der Waals surface area contributed by atoms with Gasteiger partial charge in [-0.15, -0.1) is 0 Å². The first-order valence-electron chi connectivity index (χ1n) is 11.2. The number of aromatic nitrogens is 2. The van der Waals surface area contributed by atoms with Crippen LogP contribution in [0.3, 0.4) is 0 Å². The average Bonchev–Trinajstić information content (AvgIpc) is 2.68. The normalized spacial score (nSPS) is 35.8. The van der Waals surface area contributed by atoms with Gasteiger partial charge in [0.05, 0.1) is 26.2 Å². The number of anilines is 1. The van der Waals surface area contributed by atoms with Crippen molar-refractivity contribution < 1.29 is 9.69 Å². The lowest BCUT2D eigenvalue weighted by molar-refractivity contribution is -0.892. The second-order valence-corrected chi connectivity index (χ2v) is 10.0. The molecule has 4 saturated carbocycles. The Morgan fingerprint density at radius 3 is 2.29 bits per heavy atom. The zero-order valence-electron chi connectivity index (χ0n) is 17.1. The molecule has 1 amide bonds. The van der Waals surface area contributed by atoms with E-state index >= 15 is 0 Å². The molecule has 4 aliphatic carbocycles. The van der Waals surface area contributed by atoms with Gasteiger partial charge in [0.15, 0.2) is 6.54 Å². The number of amides is 1. The van der Waals surface area contributed by atoms with Crippen molar-refractivity contribution in [2.24, 2.45) is 23.2 Å². The Balaban J connectivity index is 1.12. The third-order valence-corrected chi connectivity index (χ3v) is 8.10. The average molecular weight is 385 g/mol. The quantitative estimate of drug-likeness (QED) is 0.792. The maximum Gasteiger partial charge on any atom is 0.275 e. The van der Waals surface area contributed by atoms with Crippen molar-refractivity contribution in [3.8, 4) is 0 Å². The SMILES string of the molecule is C[C@@H](NC(=O)C[NH+]1CCN(c2ncccn2)CC1)C12CC3CC(CC(C3)C1)C2. The third kappa shape index (κ3) is 3.51. The molecule has 0 radical (unpaired) electrons. The number of rotatable bonds is 5. The summed E-state index contributed by atoms with van der Waals surface area (Å²) >= 11 is 0. The fourth-order valence-corrected chi connectivity index (χ4v) is 7.03. The van der Waals surface area contributed by atoms with Gasteiger partial charge in [-0.2, -0.15) is 0 Å². The highest BCUT2D eigenvalue weighted by Gasteiger charge is 2.53. The highest BCUT2D eigenvalue weighted by Crippen LogP contribution is 2.61. The van der Waals surface area contributed by atoms with Crippen LogP contribution in [0.2, 0.25) is 0 Å². The number of hydrogen-bond donors (Lipinski definition) is 2. The van der Waals surface area contributed by atoms with E-state index in [0.29, 0.717) is 18.0 Å².